The number of para-hydroxylation sites is 1. The fraction of sp³-hybridized carbons (Fsp3) is 0.652. The van der Waals surface area contributed by atoms with Gasteiger partial charge in [0.25, 0.3) is 0 Å². The van der Waals surface area contributed by atoms with Gasteiger partial charge < -0.3 is 10.1 Å². The highest BCUT2D eigenvalue weighted by Crippen LogP contribution is 2.67. The van der Waals surface area contributed by atoms with Crippen molar-refractivity contribution in [3.05, 3.63) is 35.5 Å². The number of rotatable bonds is 0. The van der Waals surface area contributed by atoms with Crippen molar-refractivity contribution in [1.29, 1.82) is 0 Å². The van der Waals surface area contributed by atoms with Crippen molar-refractivity contribution in [3.63, 3.8) is 0 Å². The number of fused-ring (bicyclic) bond motifs is 7. The molecule has 0 saturated heterocycles. The largest absolute Gasteiger partial charge is 0.393 e. The van der Waals surface area contributed by atoms with Gasteiger partial charge >= 0.3 is 0 Å². The van der Waals surface area contributed by atoms with Gasteiger partial charge in [-0.05, 0) is 66.4 Å². The van der Waals surface area contributed by atoms with E-state index in [1.165, 1.54) is 42.3 Å². The summed E-state index contributed by atoms with van der Waals surface area (Å²) in [4.78, 5) is 3.81. The maximum Gasteiger partial charge on any atom is 0.0594 e. The van der Waals surface area contributed by atoms with E-state index in [0.29, 0.717) is 17.3 Å². The van der Waals surface area contributed by atoms with E-state index in [9.17, 15) is 5.11 Å². The SMILES string of the molecule is CC1(C)[C@H](O)CC[C@]2(C)[C@@H]1CC[C@]1(C)c3[nH]c4ccccc4c3C[C@@H]21. The zero-order valence-corrected chi connectivity index (χ0v) is 16.0. The fourth-order valence-electron chi connectivity index (χ4n) is 7.40. The van der Waals surface area contributed by atoms with Crippen LogP contribution in [-0.2, 0) is 11.8 Å². The van der Waals surface area contributed by atoms with Gasteiger partial charge in [0.05, 0.1) is 6.10 Å². The summed E-state index contributed by atoms with van der Waals surface area (Å²) in [6.07, 6.45) is 5.67. The number of nitrogens with one attached hydrogen (secondary N) is 1. The van der Waals surface area contributed by atoms with Gasteiger partial charge in [-0.15, -0.1) is 0 Å². The predicted octanol–water partition coefficient (Wildman–Crippen LogP) is 5.20. The van der Waals surface area contributed by atoms with Crippen LogP contribution in [0.5, 0.6) is 0 Å². The number of aromatic nitrogens is 1. The van der Waals surface area contributed by atoms with Crippen molar-refractivity contribution in [2.45, 2.75) is 71.3 Å². The van der Waals surface area contributed by atoms with Crippen LogP contribution in [-0.4, -0.2) is 16.2 Å². The molecule has 0 radical (unpaired) electrons. The van der Waals surface area contributed by atoms with Crippen LogP contribution in [0, 0.1) is 22.7 Å². The van der Waals surface area contributed by atoms with Crippen LogP contribution in [0.4, 0.5) is 0 Å². The number of hydrogen-bond donors (Lipinski definition) is 2. The Morgan fingerprint density at radius 3 is 2.56 bits per heavy atom. The zero-order valence-electron chi connectivity index (χ0n) is 16.0. The molecule has 2 heteroatoms. The van der Waals surface area contributed by atoms with Crippen molar-refractivity contribution in [1.82, 2.24) is 4.98 Å². The van der Waals surface area contributed by atoms with Gasteiger partial charge in [-0.2, -0.15) is 0 Å². The third-order valence-corrected chi connectivity index (χ3v) is 8.82. The van der Waals surface area contributed by atoms with Crippen LogP contribution < -0.4 is 0 Å². The molecule has 0 spiro atoms. The molecule has 2 fully saturated rings. The van der Waals surface area contributed by atoms with Gasteiger partial charge in [-0.25, -0.2) is 0 Å². The van der Waals surface area contributed by atoms with E-state index in [-0.39, 0.29) is 16.9 Å². The molecule has 1 heterocycles. The topological polar surface area (TPSA) is 36.0 Å². The minimum Gasteiger partial charge on any atom is -0.393 e. The molecule has 5 atom stereocenters. The van der Waals surface area contributed by atoms with E-state index in [1.807, 2.05) is 0 Å². The first kappa shape index (κ1) is 15.9. The zero-order chi connectivity index (χ0) is 17.6. The fourth-order valence-corrected chi connectivity index (χ4v) is 7.40. The summed E-state index contributed by atoms with van der Waals surface area (Å²) in [6, 6.07) is 8.82. The van der Waals surface area contributed by atoms with E-state index in [0.717, 1.165) is 6.42 Å². The molecule has 25 heavy (non-hydrogen) atoms. The van der Waals surface area contributed by atoms with E-state index in [2.05, 4.69) is 56.9 Å². The van der Waals surface area contributed by atoms with E-state index in [1.54, 1.807) is 5.56 Å². The normalized spacial score (nSPS) is 42.0. The number of aliphatic hydroxyl groups excluding tert-OH is 1. The molecule has 2 saturated carbocycles. The van der Waals surface area contributed by atoms with Gasteiger partial charge in [-0.1, -0.05) is 45.9 Å². The Morgan fingerprint density at radius 1 is 1.00 bits per heavy atom. The van der Waals surface area contributed by atoms with Crippen LogP contribution >= 0.6 is 0 Å². The van der Waals surface area contributed by atoms with Gasteiger partial charge in [0, 0.05) is 22.0 Å². The summed E-state index contributed by atoms with van der Waals surface area (Å²) in [5.74, 6) is 1.31. The maximum atomic E-state index is 10.7. The van der Waals surface area contributed by atoms with Gasteiger partial charge in [-0.3, -0.25) is 0 Å². The number of aliphatic hydroxyl groups is 1. The van der Waals surface area contributed by atoms with Crippen LogP contribution in [0.1, 0.15) is 64.6 Å². The van der Waals surface area contributed by atoms with Crippen molar-refractivity contribution >= 4 is 10.9 Å². The minimum atomic E-state index is -0.144. The van der Waals surface area contributed by atoms with Crippen molar-refractivity contribution in [2.24, 2.45) is 22.7 Å². The van der Waals surface area contributed by atoms with Crippen molar-refractivity contribution in [3.8, 4) is 0 Å². The van der Waals surface area contributed by atoms with Crippen LogP contribution in [0.15, 0.2) is 24.3 Å². The molecule has 3 aliphatic carbocycles. The minimum absolute atomic E-state index is 0.0344. The average molecular weight is 338 g/mol. The summed E-state index contributed by atoms with van der Waals surface area (Å²) in [6.45, 7) is 9.68. The molecule has 0 unspecified atom stereocenters. The lowest BCUT2D eigenvalue weighted by molar-refractivity contribution is -0.151. The molecule has 1 aromatic carbocycles. The second-order valence-electron chi connectivity index (χ2n) is 10.2. The first-order valence-corrected chi connectivity index (χ1v) is 10.1. The smallest absolute Gasteiger partial charge is 0.0594 e. The monoisotopic (exact) mass is 337 g/mol. The quantitative estimate of drug-likeness (QED) is 0.681. The Balaban J connectivity index is 1.64. The lowest BCUT2D eigenvalue weighted by Crippen LogP contribution is -2.58. The summed E-state index contributed by atoms with van der Waals surface area (Å²) in [5.41, 5.74) is 5.02. The standard InChI is InChI=1S/C23H31NO/c1-21(2)17-9-11-23(4)18(22(17,3)12-10-19(21)25)13-15-14-7-5-6-8-16(14)24-20(15)23/h5-8,17-19,24-25H,9-13H2,1-4H3/t17-,18+,19-,22-,23+/m1/s1. The molecule has 2 aromatic rings. The van der Waals surface area contributed by atoms with Crippen molar-refractivity contribution < 1.29 is 5.11 Å². The van der Waals surface area contributed by atoms with Gasteiger partial charge in [0.2, 0.25) is 0 Å². The van der Waals surface area contributed by atoms with Crippen molar-refractivity contribution in [2.75, 3.05) is 0 Å². The lowest BCUT2D eigenvalue weighted by Gasteiger charge is -2.62. The Labute approximate surface area is 151 Å². The molecule has 2 nitrogen and oxygen atoms in total. The molecular weight excluding hydrogens is 306 g/mol. The second-order valence-corrected chi connectivity index (χ2v) is 10.2. The number of hydrogen-bond acceptors (Lipinski definition) is 1. The molecule has 0 amide bonds. The first-order valence-electron chi connectivity index (χ1n) is 10.1. The van der Waals surface area contributed by atoms with Gasteiger partial charge in [0.1, 0.15) is 0 Å². The third-order valence-electron chi connectivity index (χ3n) is 8.82. The molecule has 0 aliphatic heterocycles. The Hall–Kier alpha value is -1.28. The molecule has 2 N–H and O–H groups in total. The molecule has 0 bridgehead atoms. The maximum absolute atomic E-state index is 10.7. The summed E-state index contributed by atoms with van der Waals surface area (Å²) in [7, 11) is 0. The number of H-pyrrole nitrogens is 1. The highest BCUT2D eigenvalue weighted by molar-refractivity contribution is 5.86. The summed E-state index contributed by atoms with van der Waals surface area (Å²) < 4.78 is 0. The number of aromatic amines is 1. The average Bonchev–Trinajstić information content (AvgIpc) is 3.07. The van der Waals surface area contributed by atoms with Crippen LogP contribution in [0.2, 0.25) is 0 Å². The highest BCUT2D eigenvalue weighted by Gasteiger charge is 2.63. The highest BCUT2D eigenvalue weighted by atomic mass is 16.3. The first-order chi connectivity index (χ1) is 11.8. The second kappa shape index (κ2) is 4.71. The van der Waals surface area contributed by atoms with E-state index >= 15 is 0 Å². The molecule has 5 rings (SSSR count). The van der Waals surface area contributed by atoms with Crippen LogP contribution in [0.25, 0.3) is 10.9 Å². The Morgan fingerprint density at radius 2 is 1.76 bits per heavy atom. The van der Waals surface area contributed by atoms with Gasteiger partial charge in [0.15, 0.2) is 0 Å². The summed E-state index contributed by atoms with van der Waals surface area (Å²) in [5, 5.41) is 12.1. The molecular formula is C23H31NO. The third kappa shape index (κ3) is 1.79. The Bertz CT molecular complexity index is 849. The van der Waals surface area contributed by atoms with Crippen LogP contribution in [0.3, 0.4) is 0 Å². The predicted molar refractivity (Wildman–Crippen MR) is 103 cm³/mol. The van der Waals surface area contributed by atoms with E-state index in [4.69, 9.17) is 0 Å². The Kier molecular flexibility index (Phi) is 3.00. The molecule has 134 valence electrons. The number of benzene rings is 1. The summed E-state index contributed by atoms with van der Waals surface area (Å²) >= 11 is 0. The molecule has 1 aromatic heterocycles. The lowest BCUT2D eigenvalue weighted by atomic mass is 9.43. The van der Waals surface area contributed by atoms with E-state index < -0.39 is 0 Å². The molecule has 3 aliphatic rings.